The van der Waals surface area contributed by atoms with Gasteiger partial charge in [-0.25, -0.2) is 0 Å². The molecular formula is C19H28N4. The Morgan fingerprint density at radius 3 is 2.83 bits per heavy atom. The second-order valence-corrected chi connectivity index (χ2v) is 7.33. The minimum absolute atomic E-state index is 0.394. The van der Waals surface area contributed by atoms with Gasteiger partial charge in [-0.15, -0.1) is 0 Å². The van der Waals surface area contributed by atoms with Gasteiger partial charge < -0.3 is 15.2 Å². The fourth-order valence-corrected chi connectivity index (χ4v) is 3.58. The molecule has 2 N–H and O–H groups in total. The predicted octanol–water partition coefficient (Wildman–Crippen LogP) is 3.33. The fourth-order valence-electron chi connectivity index (χ4n) is 3.58. The summed E-state index contributed by atoms with van der Waals surface area (Å²) in [5.41, 5.74) is 4.30. The van der Waals surface area contributed by atoms with Crippen LogP contribution in [0.3, 0.4) is 0 Å². The molecule has 0 saturated carbocycles. The number of aliphatic imine (C=N–C) groups is 1. The average molecular weight is 312 g/mol. The van der Waals surface area contributed by atoms with E-state index in [1.54, 1.807) is 0 Å². The maximum atomic E-state index is 4.46. The van der Waals surface area contributed by atoms with Crippen molar-refractivity contribution in [2.75, 3.05) is 26.7 Å². The maximum absolute atomic E-state index is 4.46. The summed E-state index contributed by atoms with van der Waals surface area (Å²) in [5, 5.41) is 4.88. The highest BCUT2D eigenvalue weighted by Gasteiger charge is 2.30. The van der Waals surface area contributed by atoms with E-state index in [0.717, 1.165) is 32.0 Å². The summed E-state index contributed by atoms with van der Waals surface area (Å²) in [6.07, 6.45) is 2.24. The first kappa shape index (κ1) is 15.9. The predicted molar refractivity (Wildman–Crippen MR) is 98.1 cm³/mol. The van der Waals surface area contributed by atoms with E-state index < -0.39 is 0 Å². The maximum Gasteiger partial charge on any atom is 0.193 e. The fraction of sp³-hybridized carbons (Fsp3) is 0.526. The molecule has 2 aromatic rings. The molecule has 1 aliphatic rings. The summed E-state index contributed by atoms with van der Waals surface area (Å²) < 4.78 is 0. The smallest absolute Gasteiger partial charge is 0.193 e. The van der Waals surface area contributed by atoms with Gasteiger partial charge in [-0.05, 0) is 36.8 Å². The van der Waals surface area contributed by atoms with E-state index in [0.29, 0.717) is 5.41 Å². The topological polar surface area (TPSA) is 43.4 Å². The van der Waals surface area contributed by atoms with Crippen molar-refractivity contribution < 1.29 is 0 Å². The van der Waals surface area contributed by atoms with Crippen LogP contribution >= 0.6 is 0 Å². The molecule has 4 nitrogen and oxygen atoms in total. The molecule has 3 rings (SSSR count). The van der Waals surface area contributed by atoms with Crippen LogP contribution in [0.5, 0.6) is 0 Å². The van der Waals surface area contributed by atoms with E-state index >= 15 is 0 Å². The van der Waals surface area contributed by atoms with Crippen LogP contribution in [0.1, 0.15) is 31.5 Å². The number of likely N-dealkylation sites (tertiary alicyclic amines) is 1. The molecule has 1 fully saturated rings. The number of H-pyrrole nitrogens is 1. The lowest BCUT2D eigenvalue weighted by molar-refractivity contribution is 0.370. The third-order valence-corrected chi connectivity index (χ3v) is 4.87. The molecule has 0 aliphatic carbocycles. The SMILES string of the molecule is CN=C(NCCc1c(C)[nH]c2ccccc12)N1CCC(C)(C)C1. The number of aromatic amines is 1. The van der Waals surface area contributed by atoms with E-state index in [2.05, 4.69) is 65.2 Å². The van der Waals surface area contributed by atoms with Crippen molar-refractivity contribution in [3.05, 3.63) is 35.5 Å². The number of guanidine groups is 1. The Labute approximate surface area is 139 Å². The van der Waals surface area contributed by atoms with Crippen molar-refractivity contribution in [2.45, 2.75) is 33.6 Å². The Hall–Kier alpha value is -1.97. The number of aryl methyl sites for hydroxylation is 1. The number of nitrogens with zero attached hydrogens (tertiary/aromatic N) is 2. The van der Waals surface area contributed by atoms with Crippen molar-refractivity contribution in [1.82, 2.24) is 15.2 Å². The number of fused-ring (bicyclic) bond motifs is 1. The monoisotopic (exact) mass is 312 g/mol. The minimum atomic E-state index is 0.394. The second kappa shape index (κ2) is 6.26. The Balaban J connectivity index is 1.63. The van der Waals surface area contributed by atoms with Crippen LogP contribution in [0.25, 0.3) is 10.9 Å². The van der Waals surface area contributed by atoms with Gasteiger partial charge in [0.05, 0.1) is 0 Å². The summed E-state index contributed by atoms with van der Waals surface area (Å²) in [4.78, 5) is 10.3. The van der Waals surface area contributed by atoms with Gasteiger partial charge in [0, 0.05) is 43.3 Å². The Kier molecular flexibility index (Phi) is 4.33. The van der Waals surface area contributed by atoms with Crippen LogP contribution in [-0.4, -0.2) is 42.5 Å². The highest BCUT2D eigenvalue weighted by molar-refractivity contribution is 5.85. The van der Waals surface area contributed by atoms with Crippen LogP contribution in [0.2, 0.25) is 0 Å². The van der Waals surface area contributed by atoms with Crippen molar-refractivity contribution in [3.63, 3.8) is 0 Å². The third-order valence-electron chi connectivity index (χ3n) is 4.87. The van der Waals surface area contributed by atoms with Gasteiger partial charge in [-0.2, -0.15) is 0 Å². The first-order valence-electron chi connectivity index (χ1n) is 8.52. The van der Waals surface area contributed by atoms with Gasteiger partial charge in [0.15, 0.2) is 5.96 Å². The molecule has 23 heavy (non-hydrogen) atoms. The molecule has 1 aliphatic heterocycles. The Bertz CT molecular complexity index is 711. The van der Waals surface area contributed by atoms with Crippen molar-refractivity contribution >= 4 is 16.9 Å². The lowest BCUT2D eigenvalue weighted by Gasteiger charge is -2.23. The van der Waals surface area contributed by atoms with Crippen molar-refractivity contribution in [1.29, 1.82) is 0 Å². The van der Waals surface area contributed by atoms with Crippen LogP contribution in [-0.2, 0) is 6.42 Å². The molecule has 1 aromatic heterocycles. The summed E-state index contributed by atoms with van der Waals surface area (Å²) in [6, 6.07) is 8.53. The first-order chi connectivity index (χ1) is 11.0. The Morgan fingerprint density at radius 1 is 1.35 bits per heavy atom. The number of aromatic nitrogens is 1. The highest BCUT2D eigenvalue weighted by atomic mass is 15.3. The van der Waals surface area contributed by atoms with Crippen LogP contribution in [0, 0.1) is 12.3 Å². The van der Waals surface area contributed by atoms with Crippen molar-refractivity contribution in [3.8, 4) is 0 Å². The van der Waals surface area contributed by atoms with Crippen LogP contribution in [0.15, 0.2) is 29.3 Å². The third kappa shape index (κ3) is 3.36. The largest absolute Gasteiger partial charge is 0.358 e. The van der Waals surface area contributed by atoms with Gasteiger partial charge in [0.25, 0.3) is 0 Å². The summed E-state index contributed by atoms with van der Waals surface area (Å²) in [5.74, 6) is 1.04. The zero-order chi connectivity index (χ0) is 16.4. The lowest BCUT2D eigenvalue weighted by atomic mass is 9.93. The minimum Gasteiger partial charge on any atom is -0.358 e. The summed E-state index contributed by atoms with van der Waals surface area (Å²) in [7, 11) is 1.88. The number of benzene rings is 1. The van der Waals surface area contributed by atoms with Crippen LogP contribution < -0.4 is 5.32 Å². The first-order valence-corrected chi connectivity index (χ1v) is 8.52. The molecular weight excluding hydrogens is 284 g/mol. The number of nitrogens with one attached hydrogen (secondary N) is 2. The second-order valence-electron chi connectivity index (χ2n) is 7.33. The van der Waals surface area contributed by atoms with E-state index in [1.807, 2.05) is 7.05 Å². The van der Waals surface area contributed by atoms with Crippen LogP contribution in [0.4, 0.5) is 0 Å². The molecule has 0 spiro atoms. The van der Waals surface area contributed by atoms with E-state index in [9.17, 15) is 0 Å². The summed E-state index contributed by atoms with van der Waals surface area (Å²) >= 11 is 0. The number of hydrogen-bond donors (Lipinski definition) is 2. The summed E-state index contributed by atoms with van der Waals surface area (Å²) in [6.45, 7) is 9.90. The van der Waals surface area contributed by atoms with Gasteiger partial charge in [-0.1, -0.05) is 32.0 Å². The average Bonchev–Trinajstić information content (AvgIpc) is 3.03. The highest BCUT2D eigenvalue weighted by Crippen LogP contribution is 2.28. The van der Waals surface area contributed by atoms with E-state index in [1.165, 1.54) is 28.6 Å². The number of hydrogen-bond acceptors (Lipinski definition) is 1. The van der Waals surface area contributed by atoms with E-state index in [4.69, 9.17) is 0 Å². The Morgan fingerprint density at radius 2 is 2.13 bits per heavy atom. The molecule has 0 amide bonds. The van der Waals surface area contributed by atoms with E-state index in [-0.39, 0.29) is 0 Å². The molecule has 1 saturated heterocycles. The zero-order valence-corrected chi connectivity index (χ0v) is 14.7. The standard InChI is InChI=1S/C19H28N4/c1-14-15(16-7-5-6-8-17(16)22-14)9-11-21-18(20-4)23-12-10-19(2,3)13-23/h5-8,22H,9-13H2,1-4H3,(H,20,21). The molecule has 124 valence electrons. The van der Waals surface area contributed by atoms with Crippen molar-refractivity contribution in [2.24, 2.45) is 10.4 Å². The van der Waals surface area contributed by atoms with Gasteiger partial charge in [0.1, 0.15) is 0 Å². The quantitative estimate of drug-likeness (QED) is 0.674. The molecule has 0 atom stereocenters. The molecule has 4 heteroatoms. The van der Waals surface area contributed by atoms with Gasteiger partial charge in [-0.3, -0.25) is 4.99 Å². The molecule has 2 heterocycles. The molecule has 0 bridgehead atoms. The van der Waals surface area contributed by atoms with Gasteiger partial charge in [0.2, 0.25) is 0 Å². The number of para-hydroxylation sites is 1. The normalized spacial score (nSPS) is 17.9. The number of rotatable bonds is 3. The zero-order valence-electron chi connectivity index (χ0n) is 14.7. The lowest BCUT2D eigenvalue weighted by Crippen LogP contribution is -2.41. The molecule has 1 aromatic carbocycles. The molecule has 0 unspecified atom stereocenters. The van der Waals surface area contributed by atoms with Gasteiger partial charge >= 0.3 is 0 Å². The molecule has 0 radical (unpaired) electrons.